The van der Waals surface area contributed by atoms with E-state index >= 15 is 0 Å². The number of benzene rings is 11. The van der Waals surface area contributed by atoms with Crippen LogP contribution in [-0.4, -0.2) is 0 Å². The van der Waals surface area contributed by atoms with Crippen LogP contribution >= 0.6 is 0 Å². The van der Waals surface area contributed by atoms with E-state index in [9.17, 15) is 0 Å². The summed E-state index contributed by atoms with van der Waals surface area (Å²) in [5.74, 6) is 0. The summed E-state index contributed by atoms with van der Waals surface area (Å²) >= 11 is 0. The number of rotatable bonds is 6. The van der Waals surface area contributed by atoms with Gasteiger partial charge in [-0.1, -0.05) is 177 Å². The first-order valence-electron chi connectivity index (χ1n) is 27.3. The van der Waals surface area contributed by atoms with E-state index < -0.39 is 0 Å². The molecule has 11 aromatic carbocycles. The number of para-hydroxylation sites is 6. The van der Waals surface area contributed by atoms with Crippen molar-refractivity contribution in [1.29, 1.82) is 0 Å². The van der Waals surface area contributed by atoms with Gasteiger partial charge in [0.25, 0.3) is 0 Å². The van der Waals surface area contributed by atoms with Crippen molar-refractivity contribution in [2.45, 2.75) is 71.6 Å². The number of hydrogen-bond acceptors (Lipinski definition) is 5. The Kier molecular flexibility index (Phi) is 9.77. The van der Waals surface area contributed by atoms with Crippen LogP contribution in [0.1, 0.15) is 77.6 Å². The SMILES string of the molecule is CC(C)(C)c1cccc2c1oc1c(N(c3ccccc3)c3ccc4c5c(ccc4c3)-c3cc4c(cc3C5(C)C)oc3c5ccc(N(c6ccccc6)c6cccc7c6oc6c(C(C)(C)C)cccc67)cc5ccc43)cccc12. The van der Waals surface area contributed by atoms with Gasteiger partial charge >= 0.3 is 0 Å². The second-order valence-corrected chi connectivity index (χ2v) is 24.1. The van der Waals surface area contributed by atoms with Crippen LogP contribution in [0.15, 0.2) is 220 Å². The van der Waals surface area contributed by atoms with Crippen molar-refractivity contribution in [2.75, 3.05) is 9.80 Å². The van der Waals surface area contributed by atoms with Gasteiger partial charge in [0.1, 0.15) is 22.3 Å². The van der Waals surface area contributed by atoms with Crippen LogP contribution in [0.4, 0.5) is 34.1 Å². The third-order valence-electron chi connectivity index (χ3n) is 16.8. The summed E-state index contributed by atoms with van der Waals surface area (Å²) in [5.41, 5.74) is 18.8. The molecule has 0 fully saturated rings. The van der Waals surface area contributed by atoms with E-state index in [-0.39, 0.29) is 16.2 Å². The fourth-order valence-electron chi connectivity index (χ4n) is 13.1. The molecule has 1 aliphatic carbocycles. The lowest BCUT2D eigenvalue weighted by atomic mass is 9.80. The lowest BCUT2D eigenvalue weighted by Gasteiger charge is -2.27. The fraction of sp³-hybridized carbons (Fsp3) is 0.151. The van der Waals surface area contributed by atoms with Crippen molar-refractivity contribution < 1.29 is 13.3 Å². The van der Waals surface area contributed by atoms with Gasteiger partial charge in [-0.2, -0.15) is 0 Å². The maximum Gasteiger partial charge on any atom is 0.159 e. The van der Waals surface area contributed by atoms with Gasteiger partial charge in [-0.05, 0) is 134 Å². The monoisotopic (exact) mass is 1010 g/mol. The Bertz CT molecular complexity index is 4790. The second kappa shape index (κ2) is 16.5. The molecule has 3 heterocycles. The largest absolute Gasteiger partial charge is 0.455 e. The lowest BCUT2D eigenvalue weighted by Crippen LogP contribution is -2.15. The van der Waals surface area contributed by atoms with E-state index in [1.165, 1.54) is 44.2 Å². The molecular formula is C73H58N2O3. The van der Waals surface area contributed by atoms with Gasteiger partial charge in [0, 0.05) is 77.0 Å². The molecule has 0 atom stereocenters. The molecule has 0 N–H and O–H groups in total. The van der Waals surface area contributed by atoms with Crippen molar-refractivity contribution in [3.63, 3.8) is 0 Å². The highest BCUT2D eigenvalue weighted by molar-refractivity contribution is 6.18. The molecule has 0 aliphatic heterocycles. The molecule has 0 bridgehead atoms. The van der Waals surface area contributed by atoms with Crippen molar-refractivity contribution in [3.05, 3.63) is 229 Å². The predicted molar refractivity (Wildman–Crippen MR) is 328 cm³/mol. The maximum absolute atomic E-state index is 7.03. The minimum Gasteiger partial charge on any atom is -0.455 e. The normalized spacial score (nSPS) is 13.5. The Hall–Kier alpha value is -9.06. The van der Waals surface area contributed by atoms with E-state index in [4.69, 9.17) is 13.3 Å². The third kappa shape index (κ3) is 6.80. The first-order valence-corrected chi connectivity index (χ1v) is 27.3. The Balaban J connectivity index is 0.829. The highest BCUT2D eigenvalue weighted by atomic mass is 16.3. The summed E-state index contributed by atoms with van der Waals surface area (Å²) in [6, 6.07) is 74.9. The summed E-state index contributed by atoms with van der Waals surface area (Å²) in [6.07, 6.45) is 0. The van der Waals surface area contributed by atoms with Gasteiger partial charge < -0.3 is 23.1 Å². The predicted octanol–water partition coefficient (Wildman–Crippen LogP) is 21.5. The molecule has 1 aliphatic rings. The first kappa shape index (κ1) is 46.3. The van der Waals surface area contributed by atoms with E-state index in [1.807, 2.05) is 0 Å². The van der Waals surface area contributed by atoms with E-state index in [0.717, 1.165) is 111 Å². The highest BCUT2D eigenvalue weighted by Crippen LogP contribution is 2.55. The minimum absolute atomic E-state index is 0.0731. The zero-order valence-electron chi connectivity index (χ0n) is 45.2. The van der Waals surface area contributed by atoms with Crippen LogP contribution in [0.3, 0.4) is 0 Å². The van der Waals surface area contributed by atoms with Gasteiger partial charge in [0.05, 0.1) is 11.4 Å². The number of anilines is 6. The molecule has 0 saturated carbocycles. The Morgan fingerprint density at radius 2 is 0.795 bits per heavy atom. The van der Waals surface area contributed by atoms with Gasteiger partial charge in [0.2, 0.25) is 0 Å². The third-order valence-corrected chi connectivity index (χ3v) is 16.8. The zero-order chi connectivity index (χ0) is 53.0. The van der Waals surface area contributed by atoms with Crippen molar-refractivity contribution >= 4 is 121 Å². The minimum atomic E-state index is -0.294. The summed E-state index contributed by atoms with van der Waals surface area (Å²) < 4.78 is 20.9. The van der Waals surface area contributed by atoms with Gasteiger partial charge in [-0.3, -0.25) is 0 Å². The smallest absolute Gasteiger partial charge is 0.159 e. The molecule has 0 saturated heterocycles. The van der Waals surface area contributed by atoms with E-state index in [1.54, 1.807) is 0 Å². The molecular weight excluding hydrogens is 953 g/mol. The lowest BCUT2D eigenvalue weighted by molar-refractivity contribution is 0.572. The van der Waals surface area contributed by atoms with Gasteiger partial charge in [-0.15, -0.1) is 0 Å². The molecule has 14 aromatic rings. The molecule has 0 spiro atoms. The van der Waals surface area contributed by atoms with Crippen LogP contribution in [-0.2, 0) is 16.2 Å². The molecule has 0 unspecified atom stereocenters. The molecule has 5 heteroatoms. The van der Waals surface area contributed by atoms with Gasteiger partial charge in [0.15, 0.2) is 11.2 Å². The Labute approximate surface area is 453 Å². The number of furan rings is 3. The highest BCUT2D eigenvalue weighted by Gasteiger charge is 2.38. The summed E-state index contributed by atoms with van der Waals surface area (Å²) in [7, 11) is 0. The molecule has 0 radical (unpaired) electrons. The zero-order valence-corrected chi connectivity index (χ0v) is 45.2. The van der Waals surface area contributed by atoms with Crippen molar-refractivity contribution in [2.24, 2.45) is 0 Å². The number of hydrogen-bond donors (Lipinski definition) is 0. The summed E-state index contributed by atoms with van der Waals surface area (Å²) in [6.45, 7) is 18.2. The average molecular weight is 1010 g/mol. The van der Waals surface area contributed by atoms with E-state index in [0.29, 0.717) is 0 Å². The topological polar surface area (TPSA) is 45.9 Å². The van der Waals surface area contributed by atoms with Crippen LogP contribution in [0.2, 0.25) is 0 Å². The van der Waals surface area contributed by atoms with Crippen molar-refractivity contribution in [3.8, 4) is 11.1 Å². The van der Waals surface area contributed by atoms with Crippen molar-refractivity contribution in [1.82, 2.24) is 0 Å². The molecule has 0 amide bonds. The Morgan fingerprint density at radius 1 is 0.333 bits per heavy atom. The number of fused-ring (bicyclic) bond motifs is 16. The summed E-state index contributed by atoms with van der Waals surface area (Å²) in [5, 5.41) is 11.3. The molecule has 5 nitrogen and oxygen atoms in total. The second-order valence-electron chi connectivity index (χ2n) is 24.1. The van der Waals surface area contributed by atoms with Crippen LogP contribution in [0, 0.1) is 0 Å². The molecule has 378 valence electrons. The van der Waals surface area contributed by atoms with Crippen LogP contribution in [0.5, 0.6) is 0 Å². The first-order chi connectivity index (χ1) is 37.7. The van der Waals surface area contributed by atoms with E-state index in [2.05, 4.69) is 271 Å². The van der Waals surface area contributed by atoms with Crippen LogP contribution < -0.4 is 9.80 Å². The van der Waals surface area contributed by atoms with Gasteiger partial charge in [-0.25, -0.2) is 0 Å². The number of nitrogens with zero attached hydrogens (tertiary/aromatic N) is 2. The molecule has 15 rings (SSSR count). The quantitative estimate of drug-likeness (QED) is 0.166. The molecule has 78 heavy (non-hydrogen) atoms. The summed E-state index contributed by atoms with van der Waals surface area (Å²) in [4.78, 5) is 4.67. The average Bonchev–Trinajstić information content (AvgIpc) is 4.39. The Morgan fingerprint density at radius 3 is 1.33 bits per heavy atom. The fourth-order valence-corrected chi connectivity index (χ4v) is 13.1. The molecule has 3 aromatic heterocycles. The maximum atomic E-state index is 7.03. The van der Waals surface area contributed by atoms with Crippen LogP contribution in [0.25, 0.3) is 98.5 Å². The standard InChI is InChI=1S/C73H58N2O3/c1-71(2,3)59-27-15-23-52-54-25-17-29-62(69(54)77-67(52)59)74(45-19-11-9-12-20-45)47-33-37-49-43(39-47)31-35-51-57-41-58-56-36-32-44-40-48(34-38-50(44)66(56)76-64(58)42-61(57)73(7,8)65(49)51)75(46-21-13-10-14-22-46)63-30-18-26-55-53-24-16-28-60(72(4,5)6)68(53)78-70(55)63/h9-42H,1-8H3.